The Morgan fingerprint density at radius 2 is 1.85 bits per heavy atom. The molecule has 0 radical (unpaired) electrons. The zero-order chi connectivity index (χ0) is 19.2. The highest BCUT2D eigenvalue weighted by Gasteiger charge is 2.19. The molecule has 0 aliphatic heterocycles. The Hall–Kier alpha value is -2.05. The van der Waals surface area contributed by atoms with Crippen LogP contribution in [0.3, 0.4) is 0 Å². The average molecular weight is 375 g/mol. The zero-order valence-electron chi connectivity index (χ0n) is 16.0. The van der Waals surface area contributed by atoms with Gasteiger partial charge in [-0.15, -0.1) is 0 Å². The van der Waals surface area contributed by atoms with E-state index in [2.05, 4.69) is 9.38 Å². The number of ether oxygens (including phenoxy) is 2. The van der Waals surface area contributed by atoms with Gasteiger partial charge in [0.1, 0.15) is 16.7 Å². The van der Waals surface area contributed by atoms with Gasteiger partial charge >= 0.3 is 0 Å². The van der Waals surface area contributed by atoms with Crippen molar-refractivity contribution in [1.82, 2.24) is 4.98 Å². The second-order valence-corrected chi connectivity index (χ2v) is 8.82. The summed E-state index contributed by atoms with van der Waals surface area (Å²) in [5.74, 6) is 0.825. The van der Waals surface area contributed by atoms with Gasteiger partial charge in [-0.05, 0) is 63.1 Å². The Morgan fingerprint density at radius 3 is 2.46 bits per heavy atom. The third-order valence-corrected chi connectivity index (χ3v) is 5.14. The van der Waals surface area contributed by atoms with Gasteiger partial charge in [0.05, 0.1) is 36.5 Å². The molecule has 0 saturated heterocycles. The molecule has 0 bridgehead atoms. The highest BCUT2D eigenvalue weighted by atomic mass is 32.2. The summed E-state index contributed by atoms with van der Waals surface area (Å²) in [6.45, 7) is 8.48. The number of rotatable bonds is 7. The van der Waals surface area contributed by atoms with E-state index < -0.39 is 11.0 Å². The summed E-state index contributed by atoms with van der Waals surface area (Å²) in [5, 5.41) is 0. The SMILES string of the molecule is COc1ccc(COCc2cc(C(C)=N[S@](=O)C(C)(C)C)ccn2)cc1. The van der Waals surface area contributed by atoms with Crippen molar-refractivity contribution >= 4 is 16.7 Å². The van der Waals surface area contributed by atoms with Crippen LogP contribution in [0.1, 0.15) is 44.5 Å². The van der Waals surface area contributed by atoms with Gasteiger partial charge in [0.2, 0.25) is 0 Å². The number of hydrogen-bond acceptors (Lipinski definition) is 4. The lowest BCUT2D eigenvalue weighted by atomic mass is 10.1. The molecule has 0 fully saturated rings. The van der Waals surface area contributed by atoms with Crippen molar-refractivity contribution < 1.29 is 13.7 Å². The van der Waals surface area contributed by atoms with Crippen molar-refractivity contribution in [3.05, 3.63) is 59.4 Å². The summed E-state index contributed by atoms with van der Waals surface area (Å²) < 4.78 is 27.0. The lowest BCUT2D eigenvalue weighted by Crippen LogP contribution is -2.20. The van der Waals surface area contributed by atoms with E-state index in [9.17, 15) is 4.21 Å². The van der Waals surface area contributed by atoms with Crippen molar-refractivity contribution in [1.29, 1.82) is 0 Å². The first-order chi connectivity index (χ1) is 12.3. The number of nitrogens with zero attached hydrogens (tertiary/aromatic N) is 2. The maximum atomic E-state index is 12.2. The van der Waals surface area contributed by atoms with Gasteiger partial charge in [0.25, 0.3) is 0 Å². The first-order valence-corrected chi connectivity index (χ1v) is 9.53. The zero-order valence-corrected chi connectivity index (χ0v) is 16.8. The van der Waals surface area contributed by atoms with E-state index in [-0.39, 0.29) is 4.75 Å². The normalized spacial score (nSPS) is 13.5. The highest BCUT2D eigenvalue weighted by molar-refractivity contribution is 7.85. The molecule has 0 aliphatic rings. The molecule has 26 heavy (non-hydrogen) atoms. The second kappa shape index (κ2) is 9.05. The van der Waals surface area contributed by atoms with Gasteiger partial charge in [0, 0.05) is 6.20 Å². The topological polar surface area (TPSA) is 60.8 Å². The quantitative estimate of drug-likeness (QED) is 0.685. The Kier molecular flexibility index (Phi) is 7.06. The molecule has 1 heterocycles. The molecule has 5 nitrogen and oxygen atoms in total. The molecule has 2 aromatic rings. The molecule has 0 saturated carbocycles. The molecule has 0 aliphatic carbocycles. The number of pyridine rings is 1. The first kappa shape index (κ1) is 20.3. The van der Waals surface area contributed by atoms with Gasteiger partial charge < -0.3 is 9.47 Å². The molecule has 0 amide bonds. The van der Waals surface area contributed by atoms with Crippen LogP contribution < -0.4 is 4.74 Å². The van der Waals surface area contributed by atoms with Crippen LogP contribution in [0.4, 0.5) is 0 Å². The average Bonchev–Trinajstić information content (AvgIpc) is 2.61. The van der Waals surface area contributed by atoms with Gasteiger partial charge in [-0.2, -0.15) is 4.40 Å². The van der Waals surface area contributed by atoms with Gasteiger partial charge in [-0.25, -0.2) is 4.21 Å². The molecular weight excluding hydrogens is 348 g/mol. The van der Waals surface area contributed by atoms with Gasteiger partial charge in [-0.3, -0.25) is 4.98 Å². The van der Waals surface area contributed by atoms with E-state index in [1.54, 1.807) is 13.3 Å². The molecule has 140 valence electrons. The monoisotopic (exact) mass is 374 g/mol. The van der Waals surface area contributed by atoms with Crippen LogP contribution in [0.5, 0.6) is 5.75 Å². The summed E-state index contributed by atoms with van der Waals surface area (Å²) in [6, 6.07) is 11.6. The van der Waals surface area contributed by atoms with Gasteiger partial charge in [-0.1, -0.05) is 12.1 Å². The van der Waals surface area contributed by atoms with Crippen LogP contribution in [-0.2, 0) is 28.9 Å². The van der Waals surface area contributed by atoms with Crippen molar-refractivity contribution in [3.63, 3.8) is 0 Å². The van der Waals surface area contributed by atoms with Crippen LogP contribution in [0.2, 0.25) is 0 Å². The first-order valence-electron chi connectivity index (χ1n) is 8.43. The van der Waals surface area contributed by atoms with Crippen molar-refractivity contribution in [2.75, 3.05) is 7.11 Å². The Bertz CT molecular complexity index is 780. The lowest BCUT2D eigenvalue weighted by Gasteiger charge is -2.14. The minimum absolute atomic E-state index is 0.376. The predicted octanol–water partition coefficient (Wildman–Crippen LogP) is 4.08. The maximum absolute atomic E-state index is 12.2. The number of benzene rings is 1. The Balaban J connectivity index is 1.98. The number of aromatic nitrogens is 1. The van der Waals surface area contributed by atoms with Crippen molar-refractivity contribution in [3.8, 4) is 5.75 Å². The van der Waals surface area contributed by atoms with Crippen molar-refractivity contribution in [2.45, 2.75) is 45.7 Å². The fourth-order valence-corrected chi connectivity index (χ4v) is 2.72. The molecular formula is C20H26N2O3S. The summed E-state index contributed by atoms with van der Waals surface area (Å²) in [4.78, 5) is 4.33. The molecule has 0 spiro atoms. The minimum atomic E-state index is -1.28. The molecule has 1 aromatic carbocycles. The van der Waals surface area contributed by atoms with E-state index in [4.69, 9.17) is 9.47 Å². The Labute approximate surface area is 158 Å². The molecule has 2 rings (SSSR count). The molecule has 1 aromatic heterocycles. The smallest absolute Gasteiger partial charge is 0.145 e. The lowest BCUT2D eigenvalue weighted by molar-refractivity contribution is 0.104. The van der Waals surface area contributed by atoms with E-state index in [1.807, 2.05) is 64.1 Å². The standard InChI is InChI=1S/C20H26N2O3S/c1-15(22-26(23)20(2,3)4)17-10-11-21-18(12-17)14-25-13-16-6-8-19(24-5)9-7-16/h6-12H,13-14H2,1-5H3/t26-/m1/s1. The third kappa shape index (κ3) is 6.04. The summed E-state index contributed by atoms with van der Waals surface area (Å²) in [6.07, 6.45) is 1.72. The molecule has 0 N–H and O–H groups in total. The van der Waals surface area contributed by atoms with Gasteiger partial charge in [0.15, 0.2) is 0 Å². The summed E-state index contributed by atoms with van der Waals surface area (Å²) >= 11 is 0. The fraction of sp³-hybridized carbons (Fsp3) is 0.400. The minimum Gasteiger partial charge on any atom is -0.497 e. The molecule has 6 heteroatoms. The maximum Gasteiger partial charge on any atom is 0.145 e. The van der Waals surface area contributed by atoms with E-state index in [0.29, 0.717) is 13.2 Å². The van der Waals surface area contributed by atoms with E-state index in [0.717, 1.165) is 28.3 Å². The van der Waals surface area contributed by atoms with Crippen LogP contribution in [-0.4, -0.2) is 26.8 Å². The largest absolute Gasteiger partial charge is 0.497 e. The van der Waals surface area contributed by atoms with Crippen LogP contribution >= 0.6 is 0 Å². The summed E-state index contributed by atoms with van der Waals surface area (Å²) in [5.41, 5.74) is 3.52. The van der Waals surface area contributed by atoms with Crippen LogP contribution in [0, 0.1) is 0 Å². The van der Waals surface area contributed by atoms with Crippen LogP contribution in [0.25, 0.3) is 0 Å². The fourth-order valence-electron chi connectivity index (χ4n) is 2.09. The summed E-state index contributed by atoms with van der Waals surface area (Å²) in [7, 11) is 0.364. The predicted molar refractivity (Wildman–Crippen MR) is 106 cm³/mol. The third-order valence-electron chi connectivity index (χ3n) is 3.66. The van der Waals surface area contributed by atoms with E-state index in [1.165, 1.54) is 0 Å². The number of hydrogen-bond donors (Lipinski definition) is 0. The Morgan fingerprint density at radius 1 is 1.15 bits per heavy atom. The molecule has 0 unspecified atom stereocenters. The second-order valence-electron chi connectivity index (χ2n) is 6.91. The van der Waals surface area contributed by atoms with Crippen LogP contribution in [0.15, 0.2) is 47.0 Å². The number of methoxy groups -OCH3 is 1. The molecule has 1 atom stereocenters. The van der Waals surface area contributed by atoms with E-state index >= 15 is 0 Å². The van der Waals surface area contributed by atoms with Crippen molar-refractivity contribution in [2.24, 2.45) is 4.40 Å². The highest BCUT2D eigenvalue weighted by Crippen LogP contribution is 2.15.